The van der Waals surface area contributed by atoms with Gasteiger partial charge in [0.1, 0.15) is 5.58 Å². The molecule has 0 saturated heterocycles. The summed E-state index contributed by atoms with van der Waals surface area (Å²) in [4.78, 5) is 26.2. The summed E-state index contributed by atoms with van der Waals surface area (Å²) in [5.74, 6) is 0.126. The average Bonchev–Trinajstić information content (AvgIpc) is 2.80. The van der Waals surface area contributed by atoms with Gasteiger partial charge in [-0.15, -0.1) is 0 Å². The van der Waals surface area contributed by atoms with Crippen LogP contribution < -0.4 is 15.5 Å². The van der Waals surface area contributed by atoms with Crippen molar-refractivity contribution >= 4 is 34.2 Å². The molecule has 0 bridgehead atoms. The fourth-order valence-electron chi connectivity index (χ4n) is 3.79. The van der Waals surface area contributed by atoms with Crippen LogP contribution >= 0.6 is 11.6 Å². The van der Waals surface area contributed by atoms with Crippen molar-refractivity contribution in [2.75, 3.05) is 11.9 Å². The quantitative estimate of drug-likeness (QED) is 0.330. The molecule has 0 spiro atoms. The molecule has 4 rings (SSSR count). The van der Waals surface area contributed by atoms with Gasteiger partial charge in [0, 0.05) is 16.3 Å². The first kappa shape index (κ1) is 23.6. The van der Waals surface area contributed by atoms with Gasteiger partial charge in [0.2, 0.25) is 11.2 Å². The van der Waals surface area contributed by atoms with Gasteiger partial charge in [-0.1, -0.05) is 43.6 Å². The molecule has 1 amide bonds. The molecule has 0 aliphatic heterocycles. The molecule has 0 unspecified atom stereocenters. The molecule has 34 heavy (non-hydrogen) atoms. The zero-order valence-electron chi connectivity index (χ0n) is 19.6. The minimum Gasteiger partial charge on any atom is -0.476 e. The lowest BCUT2D eigenvalue weighted by Gasteiger charge is -2.15. The number of para-hydroxylation sites is 1. The topological polar surface area (TPSA) is 68.5 Å². The predicted molar refractivity (Wildman–Crippen MR) is 137 cm³/mol. The first-order valence-electron chi connectivity index (χ1n) is 11.1. The van der Waals surface area contributed by atoms with E-state index in [-0.39, 0.29) is 35.4 Å². The van der Waals surface area contributed by atoms with Gasteiger partial charge in [-0.2, -0.15) is 0 Å². The predicted octanol–water partition coefficient (Wildman–Crippen LogP) is 6.87. The van der Waals surface area contributed by atoms with Crippen LogP contribution in [0.15, 0.2) is 69.9 Å². The van der Waals surface area contributed by atoms with Gasteiger partial charge in [0.05, 0.1) is 5.39 Å². The fraction of sp³-hybridized carbons (Fsp3) is 0.214. The van der Waals surface area contributed by atoms with Crippen LogP contribution in [0.25, 0.3) is 22.3 Å². The van der Waals surface area contributed by atoms with E-state index in [0.29, 0.717) is 21.6 Å². The third-order valence-corrected chi connectivity index (χ3v) is 6.03. The minimum absolute atomic E-state index is 0.00892. The summed E-state index contributed by atoms with van der Waals surface area (Å²) in [6.45, 7) is 7.67. The lowest BCUT2D eigenvalue weighted by atomic mass is 10.0. The number of carbonyl (C=O) groups is 1. The van der Waals surface area contributed by atoms with Crippen molar-refractivity contribution in [1.82, 2.24) is 0 Å². The van der Waals surface area contributed by atoms with Crippen LogP contribution in [0.2, 0.25) is 5.02 Å². The number of hydrogen-bond donors (Lipinski definition) is 1. The summed E-state index contributed by atoms with van der Waals surface area (Å²) >= 11 is 6.04. The van der Waals surface area contributed by atoms with Crippen molar-refractivity contribution < 1.29 is 13.9 Å². The molecule has 1 aromatic heterocycles. The number of fused-ring (bicyclic) bond motifs is 1. The first-order valence-corrected chi connectivity index (χ1v) is 11.5. The highest BCUT2D eigenvalue weighted by Crippen LogP contribution is 2.32. The number of nitrogens with one attached hydrogen (secondary N) is 1. The zero-order chi connectivity index (χ0) is 24.4. The molecule has 4 aromatic rings. The standard InChI is InChI=1S/C28H26ClNO4/c1-16(2)21-7-5-6-8-23(21)30-25(31)15-33-28-26(32)22-13-17(3)18(4)14-24(22)34-27(28)19-9-11-20(29)12-10-19/h5-14,16H,15H2,1-4H3,(H,30,31). The Morgan fingerprint density at radius 3 is 2.41 bits per heavy atom. The van der Waals surface area contributed by atoms with E-state index in [1.165, 1.54) is 0 Å². The summed E-state index contributed by atoms with van der Waals surface area (Å²) in [7, 11) is 0. The van der Waals surface area contributed by atoms with Gasteiger partial charge in [-0.25, -0.2) is 0 Å². The molecule has 0 saturated carbocycles. The van der Waals surface area contributed by atoms with E-state index in [2.05, 4.69) is 19.2 Å². The summed E-state index contributed by atoms with van der Waals surface area (Å²) in [5.41, 5.74) is 4.48. The fourth-order valence-corrected chi connectivity index (χ4v) is 3.92. The lowest BCUT2D eigenvalue weighted by Crippen LogP contribution is -2.23. The highest BCUT2D eigenvalue weighted by Gasteiger charge is 2.20. The van der Waals surface area contributed by atoms with E-state index < -0.39 is 0 Å². The van der Waals surface area contributed by atoms with E-state index in [1.807, 2.05) is 44.2 Å². The number of benzene rings is 3. The maximum absolute atomic E-state index is 13.4. The maximum atomic E-state index is 13.4. The zero-order valence-corrected chi connectivity index (χ0v) is 20.3. The second-order valence-corrected chi connectivity index (χ2v) is 9.04. The smallest absolute Gasteiger partial charge is 0.262 e. The van der Waals surface area contributed by atoms with E-state index in [0.717, 1.165) is 22.4 Å². The summed E-state index contributed by atoms with van der Waals surface area (Å²) in [6, 6.07) is 18.2. The molecule has 0 radical (unpaired) electrons. The number of halogens is 1. The summed E-state index contributed by atoms with van der Waals surface area (Å²) < 4.78 is 12.0. The van der Waals surface area contributed by atoms with Crippen LogP contribution in [-0.2, 0) is 4.79 Å². The number of carbonyl (C=O) groups excluding carboxylic acids is 1. The van der Waals surface area contributed by atoms with Crippen LogP contribution in [0.1, 0.15) is 36.5 Å². The van der Waals surface area contributed by atoms with Crippen molar-refractivity contribution in [3.05, 3.63) is 92.6 Å². The molecule has 0 aliphatic rings. The van der Waals surface area contributed by atoms with Crippen molar-refractivity contribution in [2.45, 2.75) is 33.6 Å². The molecule has 0 aliphatic carbocycles. The number of aryl methyl sites for hydroxylation is 2. The van der Waals surface area contributed by atoms with Crippen molar-refractivity contribution in [2.24, 2.45) is 0 Å². The van der Waals surface area contributed by atoms with Crippen LogP contribution in [0.4, 0.5) is 5.69 Å². The van der Waals surface area contributed by atoms with Gasteiger partial charge >= 0.3 is 0 Å². The van der Waals surface area contributed by atoms with Crippen molar-refractivity contribution in [1.29, 1.82) is 0 Å². The second kappa shape index (κ2) is 9.74. The van der Waals surface area contributed by atoms with Crippen LogP contribution in [0, 0.1) is 13.8 Å². The Kier molecular flexibility index (Phi) is 6.75. The SMILES string of the molecule is Cc1cc2oc(-c3ccc(Cl)cc3)c(OCC(=O)Nc3ccccc3C(C)C)c(=O)c2cc1C. The summed E-state index contributed by atoms with van der Waals surface area (Å²) in [6.07, 6.45) is 0. The minimum atomic E-state index is -0.366. The third-order valence-electron chi connectivity index (χ3n) is 5.78. The number of amides is 1. The molecule has 5 nitrogen and oxygen atoms in total. The lowest BCUT2D eigenvalue weighted by molar-refractivity contribution is -0.118. The maximum Gasteiger partial charge on any atom is 0.262 e. The molecule has 6 heteroatoms. The van der Waals surface area contributed by atoms with E-state index in [1.54, 1.807) is 30.3 Å². The van der Waals surface area contributed by atoms with E-state index in [4.69, 9.17) is 20.8 Å². The Morgan fingerprint density at radius 2 is 1.71 bits per heavy atom. The monoisotopic (exact) mass is 475 g/mol. The highest BCUT2D eigenvalue weighted by molar-refractivity contribution is 6.30. The van der Waals surface area contributed by atoms with Gasteiger partial charge in [0.15, 0.2) is 12.4 Å². The Morgan fingerprint density at radius 1 is 1.03 bits per heavy atom. The first-order chi connectivity index (χ1) is 16.2. The average molecular weight is 476 g/mol. The number of hydrogen-bond acceptors (Lipinski definition) is 4. The van der Waals surface area contributed by atoms with Crippen molar-refractivity contribution in [3.8, 4) is 17.1 Å². The molecule has 174 valence electrons. The molecule has 0 atom stereocenters. The Hall–Kier alpha value is -3.57. The molecule has 0 fully saturated rings. The third kappa shape index (κ3) is 4.85. The van der Waals surface area contributed by atoms with Crippen molar-refractivity contribution in [3.63, 3.8) is 0 Å². The van der Waals surface area contributed by atoms with Gasteiger partial charge in [-0.05, 0) is 78.9 Å². The van der Waals surface area contributed by atoms with Gasteiger partial charge in [0.25, 0.3) is 5.91 Å². The Balaban J connectivity index is 1.71. The van der Waals surface area contributed by atoms with Gasteiger partial charge in [-0.3, -0.25) is 9.59 Å². The largest absolute Gasteiger partial charge is 0.476 e. The highest BCUT2D eigenvalue weighted by atomic mass is 35.5. The Bertz CT molecular complexity index is 1420. The molecular weight excluding hydrogens is 450 g/mol. The summed E-state index contributed by atoms with van der Waals surface area (Å²) in [5, 5.41) is 3.85. The van der Waals surface area contributed by atoms with Crippen LogP contribution in [0.5, 0.6) is 5.75 Å². The molecular formula is C28H26ClNO4. The van der Waals surface area contributed by atoms with E-state index >= 15 is 0 Å². The number of anilines is 1. The number of ether oxygens (including phenoxy) is 1. The second-order valence-electron chi connectivity index (χ2n) is 8.61. The van der Waals surface area contributed by atoms with Crippen LogP contribution in [0.3, 0.4) is 0 Å². The van der Waals surface area contributed by atoms with Crippen LogP contribution in [-0.4, -0.2) is 12.5 Å². The Labute approximate surface area is 203 Å². The molecule has 3 aromatic carbocycles. The van der Waals surface area contributed by atoms with Gasteiger partial charge < -0.3 is 14.5 Å². The van der Waals surface area contributed by atoms with E-state index in [9.17, 15) is 9.59 Å². The number of rotatable bonds is 6. The molecule has 1 heterocycles. The normalized spacial score (nSPS) is 11.1. The molecule has 1 N–H and O–H groups in total.